The first kappa shape index (κ1) is 22.0. The number of fused-ring (bicyclic) bond motifs is 1. The molecule has 0 fully saturated rings. The van der Waals surface area contributed by atoms with Crippen molar-refractivity contribution in [1.82, 2.24) is 9.97 Å². The summed E-state index contributed by atoms with van der Waals surface area (Å²) in [5, 5.41) is 1.06. The molecule has 1 heterocycles. The lowest BCUT2D eigenvalue weighted by Gasteiger charge is -2.08. The van der Waals surface area contributed by atoms with Crippen LogP contribution >= 0.6 is 0 Å². The fraction of sp³-hybridized carbons (Fsp3) is 0.188. The zero-order valence-electron chi connectivity index (χ0n) is 19.5. The van der Waals surface area contributed by atoms with Gasteiger partial charge in [0.2, 0.25) is 0 Å². The van der Waals surface area contributed by atoms with Gasteiger partial charge in [0.25, 0.3) is 0 Å². The number of benzene rings is 4. The minimum absolute atomic E-state index is 0.771. The van der Waals surface area contributed by atoms with E-state index in [2.05, 4.69) is 83.8 Å². The lowest BCUT2D eigenvalue weighted by atomic mass is 9.98. The standard InChI is InChI=1S/C32H30N2/c1(4-12-25-13-6-3-7-14-25)2-5-15-26-16-10-18-27(22-26)28-19-11-20-29(23-28)32-33-24-30-17-8-9-21-31(30)34-32/h3,6-11,13-14,16-24H,1-2,4-5,12,15H2. The largest absolute Gasteiger partial charge is 0.236 e. The minimum Gasteiger partial charge on any atom is -0.236 e. The van der Waals surface area contributed by atoms with Crippen LogP contribution in [0.2, 0.25) is 0 Å². The maximum absolute atomic E-state index is 4.77. The Balaban J connectivity index is 1.21. The number of aromatic nitrogens is 2. The van der Waals surface area contributed by atoms with Crippen molar-refractivity contribution in [3.8, 4) is 22.5 Å². The molecule has 1 aromatic heterocycles. The number of para-hydroxylation sites is 1. The summed E-state index contributed by atoms with van der Waals surface area (Å²) in [6.45, 7) is 0. The molecule has 0 saturated carbocycles. The number of unbranched alkanes of at least 4 members (excludes halogenated alkanes) is 3. The molecule has 0 radical (unpaired) electrons. The van der Waals surface area contributed by atoms with Gasteiger partial charge in [-0.15, -0.1) is 0 Å². The Bertz CT molecular complexity index is 1360. The van der Waals surface area contributed by atoms with E-state index in [1.165, 1.54) is 54.4 Å². The lowest BCUT2D eigenvalue weighted by Crippen LogP contribution is -1.91. The van der Waals surface area contributed by atoms with Crippen LogP contribution in [0, 0.1) is 0 Å². The second kappa shape index (κ2) is 10.9. The van der Waals surface area contributed by atoms with Gasteiger partial charge < -0.3 is 0 Å². The molecule has 0 aliphatic carbocycles. The molecule has 34 heavy (non-hydrogen) atoms. The monoisotopic (exact) mass is 442 g/mol. The van der Waals surface area contributed by atoms with Crippen LogP contribution in [0.5, 0.6) is 0 Å². The molecule has 168 valence electrons. The molecule has 4 aromatic carbocycles. The van der Waals surface area contributed by atoms with E-state index in [0.29, 0.717) is 0 Å². The van der Waals surface area contributed by atoms with Gasteiger partial charge in [0, 0.05) is 17.1 Å². The highest BCUT2D eigenvalue weighted by Crippen LogP contribution is 2.26. The molecule has 0 atom stereocenters. The first-order valence-corrected chi connectivity index (χ1v) is 12.3. The average Bonchev–Trinajstić information content (AvgIpc) is 2.91. The Kier molecular flexibility index (Phi) is 7.06. The van der Waals surface area contributed by atoms with Crippen molar-refractivity contribution in [2.75, 3.05) is 0 Å². The van der Waals surface area contributed by atoms with Crippen molar-refractivity contribution < 1.29 is 0 Å². The van der Waals surface area contributed by atoms with Crippen molar-refractivity contribution in [2.45, 2.75) is 38.5 Å². The maximum atomic E-state index is 4.77. The quantitative estimate of drug-likeness (QED) is 0.215. The number of nitrogens with zero attached hydrogens (tertiary/aromatic N) is 2. The summed E-state index contributed by atoms with van der Waals surface area (Å²) in [5.74, 6) is 0.771. The van der Waals surface area contributed by atoms with Gasteiger partial charge in [-0.3, -0.25) is 0 Å². The van der Waals surface area contributed by atoms with Gasteiger partial charge in [-0.25, -0.2) is 9.97 Å². The molecule has 0 unspecified atom stereocenters. The third-order valence-corrected chi connectivity index (χ3v) is 6.39. The van der Waals surface area contributed by atoms with Gasteiger partial charge in [-0.1, -0.05) is 104 Å². The number of hydrogen-bond acceptors (Lipinski definition) is 2. The first-order valence-electron chi connectivity index (χ1n) is 12.3. The number of hydrogen-bond donors (Lipinski definition) is 0. The van der Waals surface area contributed by atoms with Gasteiger partial charge in [0.05, 0.1) is 5.52 Å². The van der Waals surface area contributed by atoms with E-state index >= 15 is 0 Å². The van der Waals surface area contributed by atoms with Crippen LogP contribution in [0.4, 0.5) is 0 Å². The topological polar surface area (TPSA) is 25.8 Å². The van der Waals surface area contributed by atoms with E-state index in [4.69, 9.17) is 4.98 Å². The highest BCUT2D eigenvalue weighted by Gasteiger charge is 2.06. The molecule has 0 saturated heterocycles. The molecule has 5 rings (SSSR count). The minimum atomic E-state index is 0.771. The van der Waals surface area contributed by atoms with Crippen LogP contribution in [-0.4, -0.2) is 9.97 Å². The molecule has 0 aliphatic rings. The Morgan fingerprint density at radius 3 is 2.00 bits per heavy atom. The fourth-order valence-corrected chi connectivity index (χ4v) is 4.51. The Hall–Kier alpha value is -3.78. The Morgan fingerprint density at radius 2 is 1.15 bits per heavy atom. The van der Waals surface area contributed by atoms with Gasteiger partial charge >= 0.3 is 0 Å². The second-order valence-electron chi connectivity index (χ2n) is 8.93. The Labute approximate surface area is 202 Å². The van der Waals surface area contributed by atoms with Crippen molar-refractivity contribution in [1.29, 1.82) is 0 Å². The maximum Gasteiger partial charge on any atom is 0.159 e. The van der Waals surface area contributed by atoms with Crippen LogP contribution in [-0.2, 0) is 12.8 Å². The van der Waals surface area contributed by atoms with E-state index in [-0.39, 0.29) is 0 Å². The van der Waals surface area contributed by atoms with E-state index in [1.54, 1.807) is 0 Å². The third-order valence-electron chi connectivity index (χ3n) is 6.39. The molecule has 0 spiro atoms. The highest BCUT2D eigenvalue weighted by molar-refractivity contribution is 5.80. The van der Waals surface area contributed by atoms with Crippen molar-refractivity contribution in [3.63, 3.8) is 0 Å². The second-order valence-corrected chi connectivity index (χ2v) is 8.93. The van der Waals surface area contributed by atoms with E-state index < -0.39 is 0 Å². The summed E-state index contributed by atoms with van der Waals surface area (Å²) in [6, 6.07) is 36.5. The van der Waals surface area contributed by atoms with Gasteiger partial charge in [-0.2, -0.15) is 0 Å². The molecule has 2 nitrogen and oxygen atoms in total. The molecule has 0 bridgehead atoms. The van der Waals surface area contributed by atoms with Crippen LogP contribution in [0.3, 0.4) is 0 Å². The van der Waals surface area contributed by atoms with Gasteiger partial charge in [-0.05, 0) is 60.1 Å². The summed E-state index contributed by atoms with van der Waals surface area (Å²) in [6.07, 6.45) is 9.32. The van der Waals surface area contributed by atoms with Crippen molar-refractivity contribution in [2.24, 2.45) is 0 Å². The Morgan fingerprint density at radius 1 is 0.500 bits per heavy atom. The zero-order valence-corrected chi connectivity index (χ0v) is 19.5. The highest BCUT2D eigenvalue weighted by atomic mass is 14.9. The SMILES string of the molecule is c1ccc(CCCCCCc2cccc(-c3cccc(-c4ncc5ccccc5n4)c3)c2)cc1. The predicted molar refractivity (Wildman–Crippen MR) is 143 cm³/mol. The average molecular weight is 443 g/mol. The molecule has 5 aromatic rings. The lowest BCUT2D eigenvalue weighted by molar-refractivity contribution is 0.640. The zero-order chi connectivity index (χ0) is 23.0. The van der Waals surface area contributed by atoms with E-state index in [9.17, 15) is 0 Å². The smallest absolute Gasteiger partial charge is 0.159 e. The van der Waals surface area contributed by atoms with Crippen molar-refractivity contribution in [3.05, 3.63) is 120 Å². The summed E-state index contributed by atoms with van der Waals surface area (Å²) in [7, 11) is 0. The van der Waals surface area contributed by atoms with Crippen LogP contribution in [0.15, 0.2) is 109 Å². The fourth-order valence-electron chi connectivity index (χ4n) is 4.51. The van der Waals surface area contributed by atoms with E-state index in [1.807, 2.05) is 30.5 Å². The normalized spacial score (nSPS) is 11.1. The van der Waals surface area contributed by atoms with Crippen LogP contribution in [0.25, 0.3) is 33.4 Å². The van der Waals surface area contributed by atoms with E-state index in [0.717, 1.165) is 28.7 Å². The molecule has 0 N–H and O–H groups in total. The molecule has 2 heteroatoms. The van der Waals surface area contributed by atoms with Gasteiger partial charge in [0.1, 0.15) is 0 Å². The number of rotatable bonds is 9. The molecular weight excluding hydrogens is 412 g/mol. The van der Waals surface area contributed by atoms with Crippen LogP contribution in [0.1, 0.15) is 36.8 Å². The van der Waals surface area contributed by atoms with Crippen LogP contribution < -0.4 is 0 Å². The summed E-state index contributed by atoms with van der Waals surface area (Å²) in [5.41, 5.74) is 7.35. The van der Waals surface area contributed by atoms with Gasteiger partial charge in [0.15, 0.2) is 5.82 Å². The predicted octanol–water partition coefficient (Wildman–Crippen LogP) is 8.31. The molecule has 0 aliphatic heterocycles. The molecule has 0 amide bonds. The first-order chi connectivity index (χ1) is 16.8. The third kappa shape index (κ3) is 5.58. The van der Waals surface area contributed by atoms with Crippen molar-refractivity contribution >= 4 is 10.9 Å². The summed E-state index contributed by atoms with van der Waals surface area (Å²) in [4.78, 5) is 9.37. The summed E-state index contributed by atoms with van der Waals surface area (Å²) < 4.78 is 0. The molecular formula is C32H30N2. The number of aryl methyl sites for hydroxylation is 2. The summed E-state index contributed by atoms with van der Waals surface area (Å²) >= 11 is 0.